The Morgan fingerprint density at radius 2 is 2.08 bits per heavy atom. The number of carbonyl (C=O) groups is 1. The van der Waals surface area contributed by atoms with E-state index in [0.717, 1.165) is 27.1 Å². The lowest BCUT2D eigenvalue weighted by atomic mass is 10.1. The van der Waals surface area contributed by atoms with Crippen molar-refractivity contribution in [3.8, 4) is 5.75 Å². The van der Waals surface area contributed by atoms with E-state index in [4.69, 9.17) is 16.3 Å². The monoisotopic (exact) mass is 360 g/mol. The fraction of sp³-hybridized carbons (Fsp3) is 0.222. The molecule has 0 fully saturated rings. The molecule has 0 aliphatic heterocycles. The minimum atomic E-state index is -0.120. The highest BCUT2D eigenvalue weighted by atomic mass is 35.5. The molecule has 6 heteroatoms. The Morgan fingerprint density at radius 3 is 2.92 bits per heavy atom. The van der Waals surface area contributed by atoms with E-state index in [1.165, 1.54) is 11.3 Å². The number of fused-ring (bicyclic) bond motifs is 1. The van der Waals surface area contributed by atoms with Crippen LogP contribution in [0.2, 0.25) is 5.02 Å². The van der Waals surface area contributed by atoms with Crippen LogP contribution in [0.3, 0.4) is 0 Å². The molecule has 1 aromatic heterocycles. The van der Waals surface area contributed by atoms with Gasteiger partial charge < -0.3 is 10.1 Å². The van der Waals surface area contributed by atoms with Crippen LogP contribution < -0.4 is 10.1 Å². The van der Waals surface area contributed by atoms with Crippen LogP contribution in [0, 0.1) is 13.8 Å². The molecule has 3 aromatic rings. The lowest BCUT2D eigenvalue weighted by Gasteiger charge is -2.09. The molecule has 24 heavy (non-hydrogen) atoms. The average molecular weight is 361 g/mol. The molecule has 0 atom stereocenters. The molecule has 0 aliphatic carbocycles. The molecular weight excluding hydrogens is 344 g/mol. The number of nitrogens with zero attached hydrogens (tertiary/aromatic N) is 1. The summed E-state index contributed by atoms with van der Waals surface area (Å²) < 4.78 is 6.65. The molecule has 1 amide bonds. The van der Waals surface area contributed by atoms with E-state index in [9.17, 15) is 4.79 Å². The van der Waals surface area contributed by atoms with E-state index in [-0.39, 0.29) is 12.3 Å². The number of carbonyl (C=O) groups excluding carboxylic acids is 1. The van der Waals surface area contributed by atoms with E-state index in [0.29, 0.717) is 16.8 Å². The van der Waals surface area contributed by atoms with Gasteiger partial charge in [0.05, 0.1) is 23.2 Å². The molecule has 0 aliphatic rings. The van der Waals surface area contributed by atoms with Gasteiger partial charge in [-0.3, -0.25) is 4.79 Å². The van der Waals surface area contributed by atoms with Crippen LogP contribution >= 0.6 is 22.9 Å². The first-order valence-corrected chi connectivity index (χ1v) is 8.77. The number of amides is 1. The summed E-state index contributed by atoms with van der Waals surface area (Å²) in [6.07, 6.45) is 0.268. The molecular formula is C18H17ClN2O2S. The van der Waals surface area contributed by atoms with Crippen LogP contribution in [0.4, 0.5) is 5.13 Å². The minimum absolute atomic E-state index is 0.120. The maximum Gasteiger partial charge on any atom is 0.229 e. The standard InChI is InChI=1S/C18H17ClN2O2S/c1-11-3-4-12(2)15(9-11)23-8-7-17(22)21-18-20-14-6-5-13(19)10-16(14)24-18/h3-6,9-10H,7-8H2,1-2H3,(H,20,21,22). The van der Waals surface area contributed by atoms with E-state index in [2.05, 4.69) is 10.3 Å². The van der Waals surface area contributed by atoms with Gasteiger partial charge in [-0.25, -0.2) is 4.98 Å². The highest BCUT2D eigenvalue weighted by molar-refractivity contribution is 7.22. The molecule has 0 saturated carbocycles. The number of ether oxygens (including phenoxy) is 1. The van der Waals surface area contributed by atoms with Gasteiger partial charge in [-0.2, -0.15) is 0 Å². The molecule has 1 heterocycles. The van der Waals surface area contributed by atoms with E-state index in [1.807, 2.05) is 44.2 Å². The quantitative estimate of drug-likeness (QED) is 0.698. The first-order valence-electron chi connectivity index (χ1n) is 7.57. The zero-order valence-corrected chi connectivity index (χ0v) is 15.0. The summed E-state index contributed by atoms with van der Waals surface area (Å²) in [6.45, 7) is 4.33. The van der Waals surface area contributed by atoms with Gasteiger partial charge in [-0.05, 0) is 49.2 Å². The van der Waals surface area contributed by atoms with Crippen molar-refractivity contribution in [3.63, 3.8) is 0 Å². The molecule has 0 saturated heterocycles. The van der Waals surface area contributed by atoms with Crippen LogP contribution in [0.25, 0.3) is 10.2 Å². The molecule has 124 valence electrons. The highest BCUT2D eigenvalue weighted by Gasteiger charge is 2.09. The number of benzene rings is 2. The molecule has 4 nitrogen and oxygen atoms in total. The third kappa shape index (κ3) is 4.04. The summed E-state index contributed by atoms with van der Waals surface area (Å²) in [7, 11) is 0. The van der Waals surface area contributed by atoms with Crippen LogP contribution in [0.5, 0.6) is 5.75 Å². The van der Waals surface area contributed by atoms with Gasteiger partial charge in [0.1, 0.15) is 5.75 Å². The van der Waals surface area contributed by atoms with E-state index < -0.39 is 0 Å². The van der Waals surface area contributed by atoms with Crippen molar-refractivity contribution in [1.82, 2.24) is 4.98 Å². The van der Waals surface area contributed by atoms with Crippen LogP contribution in [-0.4, -0.2) is 17.5 Å². The van der Waals surface area contributed by atoms with Gasteiger partial charge in [0.15, 0.2) is 5.13 Å². The first-order chi connectivity index (χ1) is 11.5. The number of anilines is 1. The van der Waals surface area contributed by atoms with Crippen molar-refractivity contribution in [2.45, 2.75) is 20.3 Å². The lowest BCUT2D eigenvalue weighted by molar-refractivity contribution is -0.116. The van der Waals surface area contributed by atoms with Crippen LogP contribution in [0.1, 0.15) is 17.5 Å². The molecule has 0 unspecified atom stereocenters. The predicted octanol–water partition coefficient (Wildman–Crippen LogP) is 4.97. The van der Waals surface area contributed by atoms with Gasteiger partial charge in [-0.1, -0.05) is 35.1 Å². The van der Waals surface area contributed by atoms with Crippen LogP contribution in [-0.2, 0) is 4.79 Å². The molecule has 1 N–H and O–H groups in total. The third-order valence-corrected chi connectivity index (χ3v) is 4.70. The van der Waals surface area contributed by atoms with Crippen molar-refractivity contribution >= 4 is 44.2 Å². The van der Waals surface area contributed by atoms with Crippen molar-refractivity contribution in [1.29, 1.82) is 0 Å². The zero-order valence-electron chi connectivity index (χ0n) is 13.4. The zero-order chi connectivity index (χ0) is 17.1. The summed E-state index contributed by atoms with van der Waals surface area (Å²) in [5.74, 6) is 0.697. The number of nitrogens with one attached hydrogen (secondary N) is 1. The number of hydrogen-bond donors (Lipinski definition) is 1. The predicted molar refractivity (Wildman–Crippen MR) is 99.3 cm³/mol. The molecule has 3 rings (SSSR count). The van der Waals surface area contributed by atoms with Gasteiger partial charge in [0, 0.05) is 5.02 Å². The Morgan fingerprint density at radius 1 is 1.25 bits per heavy atom. The van der Waals surface area contributed by atoms with Crippen molar-refractivity contribution < 1.29 is 9.53 Å². The number of aromatic nitrogens is 1. The number of aryl methyl sites for hydroxylation is 2. The molecule has 0 bridgehead atoms. The average Bonchev–Trinajstić information content (AvgIpc) is 2.91. The van der Waals surface area contributed by atoms with Crippen molar-refractivity contribution in [2.75, 3.05) is 11.9 Å². The fourth-order valence-corrected chi connectivity index (χ4v) is 3.41. The lowest BCUT2D eigenvalue weighted by Crippen LogP contribution is -2.15. The fourth-order valence-electron chi connectivity index (χ4n) is 2.25. The molecule has 0 radical (unpaired) electrons. The Hall–Kier alpha value is -2.11. The number of hydrogen-bond acceptors (Lipinski definition) is 4. The van der Waals surface area contributed by atoms with Gasteiger partial charge in [-0.15, -0.1) is 0 Å². The Kier molecular flexibility index (Phi) is 5.02. The Balaban J connectivity index is 1.56. The smallest absolute Gasteiger partial charge is 0.229 e. The second-order valence-electron chi connectivity index (χ2n) is 5.55. The second-order valence-corrected chi connectivity index (χ2v) is 7.01. The summed E-state index contributed by atoms with van der Waals surface area (Å²) in [4.78, 5) is 16.4. The molecule has 2 aromatic carbocycles. The van der Waals surface area contributed by atoms with Gasteiger partial charge in [0.25, 0.3) is 0 Å². The maximum atomic E-state index is 12.0. The number of thiazole rings is 1. The maximum absolute atomic E-state index is 12.0. The topological polar surface area (TPSA) is 51.2 Å². The Bertz CT molecular complexity index is 892. The minimum Gasteiger partial charge on any atom is -0.493 e. The highest BCUT2D eigenvalue weighted by Crippen LogP contribution is 2.28. The summed E-state index contributed by atoms with van der Waals surface area (Å²) >= 11 is 7.36. The summed E-state index contributed by atoms with van der Waals surface area (Å²) in [5.41, 5.74) is 3.02. The van der Waals surface area contributed by atoms with Crippen molar-refractivity contribution in [2.24, 2.45) is 0 Å². The van der Waals surface area contributed by atoms with Gasteiger partial charge in [0.2, 0.25) is 5.91 Å². The number of halogens is 1. The number of rotatable bonds is 5. The SMILES string of the molecule is Cc1ccc(C)c(OCCC(=O)Nc2nc3ccc(Cl)cc3s2)c1. The second kappa shape index (κ2) is 7.20. The van der Waals surface area contributed by atoms with Crippen LogP contribution in [0.15, 0.2) is 36.4 Å². The van der Waals surface area contributed by atoms with Crippen molar-refractivity contribution in [3.05, 3.63) is 52.5 Å². The molecule has 0 spiro atoms. The normalized spacial score (nSPS) is 10.8. The van der Waals surface area contributed by atoms with E-state index in [1.54, 1.807) is 6.07 Å². The Labute approximate surface area is 149 Å². The van der Waals surface area contributed by atoms with Gasteiger partial charge >= 0.3 is 0 Å². The summed E-state index contributed by atoms with van der Waals surface area (Å²) in [6, 6.07) is 11.5. The third-order valence-electron chi connectivity index (χ3n) is 3.53. The first kappa shape index (κ1) is 16.7. The van der Waals surface area contributed by atoms with E-state index >= 15 is 0 Å². The largest absolute Gasteiger partial charge is 0.493 e. The summed E-state index contributed by atoms with van der Waals surface area (Å²) in [5, 5.41) is 4.04.